The van der Waals surface area contributed by atoms with Crippen LogP contribution >= 0.6 is 0 Å². The summed E-state index contributed by atoms with van der Waals surface area (Å²) in [7, 11) is 0. The predicted molar refractivity (Wildman–Crippen MR) is 78.9 cm³/mol. The van der Waals surface area contributed by atoms with Crippen LogP contribution in [0.3, 0.4) is 0 Å². The molecule has 1 heterocycles. The molecule has 0 aromatic carbocycles. The molecule has 2 atom stereocenters. The highest BCUT2D eigenvalue weighted by Crippen LogP contribution is 2.29. The number of piperidine rings is 1. The van der Waals surface area contributed by atoms with Crippen molar-refractivity contribution in [3.8, 4) is 0 Å². The largest absolute Gasteiger partial charge is 0.314 e. The number of likely N-dealkylation sites (tertiary alicyclic amines) is 1. The second-order valence-corrected chi connectivity index (χ2v) is 6.46. The van der Waals surface area contributed by atoms with Gasteiger partial charge in [-0.3, -0.25) is 0 Å². The first-order chi connectivity index (χ1) is 8.79. The van der Waals surface area contributed by atoms with Gasteiger partial charge in [0.25, 0.3) is 0 Å². The Labute approximate surface area is 114 Å². The van der Waals surface area contributed by atoms with Crippen molar-refractivity contribution in [2.24, 2.45) is 5.92 Å². The molecule has 2 heteroatoms. The molecule has 2 fully saturated rings. The standard InChI is InChI=1S/C16H32N2/c1-3-17-16-10-12-18(14(2)13-16)11-6-9-15-7-4-5-8-15/h14-17H,3-13H2,1-2H3. The number of nitrogens with zero attached hydrogens (tertiary/aromatic N) is 1. The number of rotatable bonds is 6. The van der Waals surface area contributed by atoms with E-state index in [9.17, 15) is 0 Å². The highest BCUT2D eigenvalue weighted by atomic mass is 15.2. The van der Waals surface area contributed by atoms with Crippen molar-refractivity contribution in [1.82, 2.24) is 10.2 Å². The molecule has 1 N–H and O–H groups in total. The summed E-state index contributed by atoms with van der Waals surface area (Å²) in [6.45, 7) is 8.41. The average molecular weight is 252 g/mol. The monoisotopic (exact) mass is 252 g/mol. The SMILES string of the molecule is CCNC1CCN(CCCC2CCCC2)C(C)C1. The smallest absolute Gasteiger partial charge is 0.00939 e. The van der Waals surface area contributed by atoms with Gasteiger partial charge in [0.2, 0.25) is 0 Å². The number of hydrogen-bond acceptors (Lipinski definition) is 2. The minimum atomic E-state index is 0.774. The first-order valence-corrected chi connectivity index (χ1v) is 8.27. The zero-order chi connectivity index (χ0) is 12.8. The lowest BCUT2D eigenvalue weighted by molar-refractivity contribution is 0.132. The molecule has 2 aliphatic rings. The third-order valence-electron chi connectivity index (χ3n) is 5.04. The summed E-state index contributed by atoms with van der Waals surface area (Å²) in [6.07, 6.45) is 11.6. The Balaban J connectivity index is 1.61. The van der Waals surface area contributed by atoms with E-state index in [1.165, 1.54) is 64.5 Å². The van der Waals surface area contributed by atoms with Crippen molar-refractivity contribution < 1.29 is 0 Å². The van der Waals surface area contributed by atoms with E-state index in [2.05, 4.69) is 24.1 Å². The first kappa shape index (κ1) is 14.3. The summed E-state index contributed by atoms with van der Waals surface area (Å²) >= 11 is 0. The molecule has 0 bridgehead atoms. The van der Waals surface area contributed by atoms with Crippen LogP contribution in [0.1, 0.15) is 65.2 Å². The fraction of sp³-hybridized carbons (Fsp3) is 1.00. The van der Waals surface area contributed by atoms with Gasteiger partial charge in [0.15, 0.2) is 0 Å². The summed E-state index contributed by atoms with van der Waals surface area (Å²) in [5.74, 6) is 1.07. The molecule has 106 valence electrons. The van der Waals surface area contributed by atoms with Gasteiger partial charge < -0.3 is 10.2 Å². The van der Waals surface area contributed by atoms with Gasteiger partial charge in [0, 0.05) is 12.1 Å². The summed E-state index contributed by atoms with van der Waals surface area (Å²) in [4.78, 5) is 2.72. The summed E-state index contributed by atoms with van der Waals surface area (Å²) in [6, 6.07) is 1.56. The third kappa shape index (κ3) is 4.24. The maximum atomic E-state index is 3.61. The normalized spacial score (nSPS) is 31.0. The van der Waals surface area contributed by atoms with Crippen molar-refractivity contribution in [3.05, 3.63) is 0 Å². The van der Waals surface area contributed by atoms with Crippen molar-refractivity contribution in [3.63, 3.8) is 0 Å². The molecule has 2 unspecified atom stereocenters. The summed E-state index contributed by atoms with van der Waals surface area (Å²) in [5, 5.41) is 3.61. The number of nitrogens with one attached hydrogen (secondary N) is 1. The Kier molecular flexibility index (Phi) is 5.97. The van der Waals surface area contributed by atoms with Crippen LogP contribution in [0.15, 0.2) is 0 Å². The average Bonchev–Trinajstić information content (AvgIpc) is 2.85. The molecular weight excluding hydrogens is 220 g/mol. The quantitative estimate of drug-likeness (QED) is 0.779. The van der Waals surface area contributed by atoms with Crippen molar-refractivity contribution >= 4 is 0 Å². The molecule has 0 spiro atoms. The highest BCUT2D eigenvalue weighted by molar-refractivity contribution is 4.82. The molecule has 18 heavy (non-hydrogen) atoms. The lowest BCUT2D eigenvalue weighted by Gasteiger charge is -2.38. The number of hydrogen-bond donors (Lipinski definition) is 1. The Bertz CT molecular complexity index is 223. The molecular formula is C16H32N2. The minimum Gasteiger partial charge on any atom is -0.314 e. The molecule has 0 amide bonds. The zero-order valence-corrected chi connectivity index (χ0v) is 12.5. The Morgan fingerprint density at radius 3 is 2.61 bits per heavy atom. The van der Waals surface area contributed by atoms with Crippen LogP contribution in [0.5, 0.6) is 0 Å². The van der Waals surface area contributed by atoms with Crippen molar-refractivity contribution in [2.45, 2.75) is 77.3 Å². The Hall–Kier alpha value is -0.0800. The van der Waals surface area contributed by atoms with Crippen LogP contribution in [0.25, 0.3) is 0 Å². The van der Waals surface area contributed by atoms with E-state index >= 15 is 0 Å². The maximum absolute atomic E-state index is 3.61. The Morgan fingerprint density at radius 2 is 1.94 bits per heavy atom. The Morgan fingerprint density at radius 1 is 1.17 bits per heavy atom. The van der Waals surface area contributed by atoms with Crippen LogP contribution in [-0.4, -0.2) is 36.6 Å². The van der Waals surface area contributed by atoms with Crippen LogP contribution in [0.4, 0.5) is 0 Å². The fourth-order valence-electron chi connectivity index (χ4n) is 3.91. The van der Waals surface area contributed by atoms with Gasteiger partial charge in [-0.05, 0) is 58.2 Å². The van der Waals surface area contributed by atoms with Gasteiger partial charge >= 0.3 is 0 Å². The van der Waals surface area contributed by atoms with E-state index in [4.69, 9.17) is 0 Å². The first-order valence-electron chi connectivity index (χ1n) is 8.27. The van der Waals surface area contributed by atoms with Crippen LogP contribution in [0, 0.1) is 5.92 Å². The molecule has 0 radical (unpaired) electrons. The van der Waals surface area contributed by atoms with Gasteiger partial charge in [-0.25, -0.2) is 0 Å². The van der Waals surface area contributed by atoms with E-state index in [1.54, 1.807) is 0 Å². The predicted octanol–water partition coefficient (Wildman–Crippen LogP) is 3.42. The van der Waals surface area contributed by atoms with Gasteiger partial charge in [-0.1, -0.05) is 32.6 Å². The van der Waals surface area contributed by atoms with Crippen LogP contribution in [0.2, 0.25) is 0 Å². The van der Waals surface area contributed by atoms with Gasteiger partial charge in [0.1, 0.15) is 0 Å². The third-order valence-corrected chi connectivity index (χ3v) is 5.04. The highest BCUT2D eigenvalue weighted by Gasteiger charge is 2.24. The molecule has 1 saturated carbocycles. The van der Waals surface area contributed by atoms with Gasteiger partial charge in [-0.2, -0.15) is 0 Å². The molecule has 2 nitrogen and oxygen atoms in total. The van der Waals surface area contributed by atoms with E-state index < -0.39 is 0 Å². The van der Waals surface area contributed by atoms with Crippen LogP contribution < -0.4 is 5.32 Å². The molecule has 1 saturated heterocycles. The van der Waals surface area contributed by atoms with Crippen molar-refractivity contribution in [2.75, 3.05) is 19.6 Å². The van der Waals surface area contributed by atoms with Crippen molar-refractivity contribution in [1.29, 1.82) is 0 Å². The van der Waals surface area contributed by atoms with Crippen LogP contribution in [-0.2, 0) is 0 Å². The zero-order valence-electron chi connectivity index (χ0n) is 12.5. The van der Waals surface area contributed by atoms with E-state index in [-0.39, 0.29) is 0 Å². The lowest BCUT2D eigenvalue weighted by atomic mass is 9.96. The van der Waals surface area contributed by atoms with Gasteiger partial charge in [0.05, 0.1) is 0 Å². The van der Waals surface area contributed by atoms with E-state index in [0.29, 0.717) is 0 Å². The second kappa shape index (κ2) is 7.49. The topological polar surface area (TPSA) is 15.3 Å². The molecule has 1 aliphatic heterocycles. The van der Waals surface area contributed by atoms with E-state index in [0.717, 1.165) is 24.5 Å². The second-order valence-electron chi connectivity index (χ2n) is 6.46. The molecule has 0 aromatic heterocycles. The molecule has 2 rings (SSSR count). The lowest BCUT2D eigenvalue weighted by Crippen LogP contribution is -2.47. The maximum Gasteiger partial charge on any atom is 0.00939 e. The van der Waals surface area contributed by atoms with E-state index in [1.807, 2.05) is 0 Å². The minimum absolute atomic E-state index is 0.774. The fourth-order valence-corrected chi connectivity index (χ4v) is 3.91. The summed E-state index contributed by atoms with van der Waals surface area (Å²) in [5.41, 5.74) is 0. The molecule has 1 aliphatic carbocycles. The van der Waals surface area contributed by atoms with Gasteiger partial charge in [-0.15, -0.1) is 0 Å². The summed E-state index contributed by atoms with van der Waals surface area (Å²) < 4.78 is 0. The molecule has 0 aromatic rings.